The van der Waals surface area contributed by atoms with Crippen molar-refractivity contribution >= 4 is 23.6 Å². The summed E-state index contributed by atoms with van der Waals surface area (Å²) < 4.78 is 0. The highest BCUT2D eigenvalue weighted by atomic mass is 32.2. The smallest absolute Gasteiger partial charge is 0.323 e. The zero-order valence-electron chi connectivity index (χ0n) is 9.44. The van der Waals surface area contributed by atoms with Crippen molar-refractivity contribution in [3.63, 3.8) is 0 Å². The maximum absolute atomic E-state index is 11.5. The van der Waals surface area contributed by atoms with E-state index in [1.54, 1.807) is 11.8 Å². The third-order valence-corrected chi connectivity index (χ3v) is 3.88. The molecule has 6 heteroatoms. The molecule has 0 saturated carbocycles. The molecule has 1 aliphatic rings. The summed E-state index contributed by atoms with van der Waals surface area (Å²) in [5, 5.41) is 12.3. The van der Waals surface area contributed by atoms with Crippen LogP contribution in [0.4, 0.5) is 0 Å². The van der Waals surface area contributed by atoms with Gasteiger partial charge in [0, 0.05) is 12.3 Å². The number of nitrogens with one attached hydrogen (secondary N) is 1. The van der Waals surface area contributed by atoms with Gasteiger partial charge in [-0.05, 0) is 25.9 Å². The molecule has 0 aromatic carbocycles. The molecule has 0 aromatic heterocycles. The SMILES string of the molecule is CN(CC(=O)O)C(=O)CSC1CCNCC1. The van der Waals surface area contributed by atoms with Gasteiger partial charge in [0.25, 0.3) is 0 Å². The van der Waals surface area contributed by atoms with Crippen molar-refractivity contribution in [1.29, 1.82) is 0 Å². The van der Waals surface area contributed by atoms with E-state index in [9.17, 15) is 9.59 Å². The Bertz CT molecular complexity index is 254. The highest BCUT2D eigenvalue weighted by Crippen LogP contribution is 2.20. The Morgan fingerprint density at radius 3 is 2.62 bits per heavy atom. The number of nitrogens with zero attached hydrogens (tertiary/aromatic N) is 1. The largest absolute Gasteiger partial charge is 0.480 e. The van der Waals surface area contributed by atoms with Crippen LogP contribution in [0, 0.1) is 0 Å². The summed E-state index contributed by atoms with van der Waals surface area (Å²) in [4.78, 5) is 23.2. The molecule has 5 nitrogen and oxygen atoms in total. The number of carbonyl (C=O) groups is 2. The third-order valence-electron chi connectivity index (χ3n) is 2.53. The minimum absolute atomic E-state index is 0.106. The molecule has 0 aliphatic carbocycles. The van der Waals surface area contributed by atoms with Crippen LogP contribution in [-0.4, -0.2) is 59.6 Å². The maximum atomic E-state index is 11.5. The van der Waals surface area contributed by atoms with Gasteiger partial charge in [-0.15, -0.1) is 11.8 Å². The lowest BCUT2D eigenvalue weighted by Gasteiger charge is -2.22. The van der Waals surface area contributed by atoms with E-state index < -0.39 is 5.97 Å². The Balaban J connectivity index is 2.20. The number of carbonyl (C=O) groups excluding carboxylic acids is 1. The summed E-state index contributed by atoms with van der Waals surface area (Å²) in [6.45, 7) is 1.80. The predicted octanol–water partition coefficient (Wildman–Crippen LogP) is 0.0146. The van der Waals surface area contributed by atoms with E-state index in [4.69, 9.17) is 5.11 Å². The van der Waals surface area contributed by atoms with Gasteiger partial charge in [-0.3, -0.25) is 9.59 Å². The fourth-order valence-corrected chi connectivity index (χ4v) is 2.72. The minimum atomic E-state index is -0.970. The lowest BCUT2D eigenvalue weighted by atomic mass is 10.2. The van der Waals surface area contributed by atoms with Crippen molar-refractivity contribution in [2.24, 2.45) is 0 Å². The van der Waals surface area contributed by atoms with Crippen molar-refractivity contribution in [1.82, 2.24) is 10.2 Å². The van der Waals surface area contributed by atoms with E-state index in [2.05, 4.69) is 5.32 Å². The van der Waals surface area contributed by atoms with Gasteiger partial charge in [-0.2, -0.15) is 0 Å². The first-order valence-electron chi connectivity index (χ1n) is 5.37. The first kappa shape index (κ1) is 13.3. The standard InChI is InChI=1S/C10H18N2O3S/c1-12(6-10(14)15)9(13)7-16-8-2-4-11-5-3-8/h8,11H,2-7H2,1H3,(H,14,15). The lowest BCUT2D eigenvalue weighted by molar-refractivity contribution is -0.142. The Morgan fingerprint density at radius 1 is 1.44 bits per heavy atom. The molecule has 0 aromatic rings. The van der Waals surface area contributed by atoms with Crippen LogP contribution in [0.15, 0.2) is 0 Å². The highest BCUT2D eigenvalue weighted by molar-refractivity contribution is 8.00. The van der Waals surface area contributed by atoms with Crippen molar-refractivity contribution in [2.45, 2.75) is 18.1 Å². The van der Waals surface area contributed by atoms with E-state index in [0.29, 0.717) is 11.0 Å². The Morgan fingerprint density at radius 2 is 2.06 bits per heavy atom. The summed E-state index contributed by atoms with van der Waals surface area (Å²) in [5.74, 6) is -0.692. The monoisotopic (exact) mass is 246 g/mol. The highest BCUT2D eigenvalue weighted by Gasteiger charge is 2.17. The molecule has 0 unspecified atom stereocenters. The van der Waals surface area contributed by atoms with Crippen LogP contribution in [0.1, 0.15) is 12.8 Å². The average molecular weight is 246 g/mol. The average Bonchev–Trinajstić information content (AvgIpc) is 2.26. The normalized spacial score (nSPS) is 17.1. The number of carboxylic acid groups (broad SMARTS) is 1. The number of hydrogen-bond donors (Lipinski definition) is 2. The number of amides is 1. The van der Waals surface area contributed by atoms with Crippen LogP contribution in [-0.2, 0) is 9.59 Å². The molecular weight excluding hydrogens is 228 g/mol. The topological polar surface area (TPSA) is 69.6 Å². The summed E-state index contributed by atoms with van der Waals surface area (Å²) in [5.41, 5.74) is 0. The Labute approximate surface area is 99.6 Å². The molecular formula is C10H18N2O3S. The molecule has 92 valence electrons. The number of rotatable bonds is 5. The first-order valence-corrected chi connectivity index (χ1v) is 6.42. The van der Waals surface area contributed by atoms with E-state index in [-0.39, 0.29) is 12.5 Å². The summed E-state index contributed by atoms with van der Waals surface area (Å²) in [6, 6.07) is 0. The molecule has 1 amide bonds. The molecule has 1 saturated heterocycles. The second-order valence-corrected chi connectivity index (χ2v) is 5.19. The fourth-order valence-electron chi connectivity index (χ4n) is 1.55. The van der Waals surface area contributed by atoms with Crippen molar-refractivity contribution in [2.75, 3.05) is 32.4 Å². The Hall–Kier alpha value is -0.750. The molecule has 0 spiro atoms. The maximum Gasteiger partial charge on any atom is 0.323 e. The molecule has 2 N–H and O–H groups in total. The van der Waals surface area contributed by atoms with Crippen LogP contribution >= 0.6 is 11.8 Å². The van der Waals surface area contributed by atoms with Gasteiger partial charge in [0.2, 0.25) is 5.91 Å². The molecule has 1 heterocycles. The number of hydrogen-bond acceptors (Lipinski definition) is 4. The summed E-state index contributed by atoms with van der Waals surface area (Å²) in [7, 11) is 1.53. The molecule has 16 heavy (non-hydrogen) atoms. The third kappa shape index (κ3) is 4.85. The van der Waals surface area contributed by atoms with Gasteiger partial charge in [0.1, 0.15) is 6.54 Å². The number of aliphatic carboxylic acids is 1. The first-order chi connectivity index (χ1) is 7.59. The lowest BCUT2D eigenvalue weighted by Crippen LogP contribution is -2.34. The van der Waals surface area contributed by atoms with E-state index in [1.165, 1.54) is 11.9 Å². The summed E-state index contributed by atoms with van der Waals surface area (Å²) >= 11 is 1.64. The molecule has 1 aliphatic heterocycles. The van der Waals surface area contributed by atoms with Crippen molar-refractivity contribution < 1.29 is 14.7 Å². The zero-order valence-corrected chi connectivity index (χ0v) is 10.3. The second kappa shape index (κ2) is 6.75. The van der Waals surface area contributed by atoms with Gasteiger partial charge in [0.15, 0.2) is 0 Å². The minimum Gasteiger partial charge on any atom is -0.480 e. The number of carboxylic acids is 1. The molecule has 0 radical (unpaired) electrons. The number of likely N-dealkylation sites (N-methyl/N-ethyl adjacent to an activating group) is 1. The summed E-state index contributed by atoms with van der Waals surface area (Å²) in [6.07, 6.45) is 2.17. The molecule has 0 atom stereocenters. The van der Waals surface area contributed by atoms with Crippen molar-refractivity contribution in [3.05, 3.63) is 0 Å². The van der Waals surface area contributed by atoms with Crippen molar-refractivity contribution in [3.8, 4) is 0 Å². The van der Waals surface area contributed by atoms with Crippen LogP contribution in [0.25, 0.3) is 0 Å². The molecule has 1 fully saturated rings. The van der Waals surface area contributed by atoms with Gasteiger partial charge in [-0.1, -0.05) is 0 Å². The fraction of sp³-hybridized carbons (Fsp3) is 0.800. The Kier molecular flexibility index (Phi) is 5.62. The van der Waals surface area contributed by atoms with E-state index in [1.807, 2.05) is 0 Å². The second-order valence-electron chi connectivity index (χ2n) is 3.90. The van der Waals surface area contributed by atoms with Crippen LogP contribution in [0.5, 0.6) is 0 Å². The number of thioether (sulfide) groups is 1. The molecule has 0 bridgehead atoms. The van der Waals surface area contributed by atoms with Crippen LogP contribution in [0.2, 0.25) is 0 Å². The van der Waals surface area contributed by atoms with E-state index >= 15 is 0 Å². The zero-order chi connectivity index (χ0) is 12.0. The van der Waals surface area contributed by atoms with E-state index in [0.717, 1.165) is 25.9 Å². The predicted molar refractivity (Wildman–Crippen MR) is 63.6 cm³/mol. The van der Waals surface area contributed by atoms with Gasteiger partial charge in [0.05, 0.1) is 5.75 Å². The van der Waals surface area contributed by atoms with Gasteiger partial charge in [-0.25, -0.2) is 0 Å². The van der Waals surface area contributed by atoms with Crippen LogP contribution in [0.3, 0.4) is 0 Å². The van der Waals surface area contributed by atoms with Crippen LogP contribution < -0.4 is 5.32 Å². The number of piperidine rings is 1. The molecule has 1 rings (SSSR count). The quantitative estimate of drug-likeness (QED) is 0.715. The van der Waals surface area contributed by atoms with Gasteiger partial charge < -0.3 is 15.3 Å². The van der Waals surface area contributed by atoms with Gasteiger partial charge >= 0.3 is 5.97 Å².